The van der Waals surface area contributed by atoms with Crippen LogP contribution in [0, 0.1) is 0 Å². The Balaban J connectivity index is 2.27. The van der Waals surface area contributed by atoms with Gasteiger partial charge in [0, 0.05) is 5.38 Å². The number of thiophene rings is 1. The summed E-state index contributed by atoms with van der Waals surface area (Å²) in [6.45, 7) is 5.90. The first-order valence-electron chi connectivity index (χ1n) is 5.72. The van der Waals surface area contributed by atoms with Crippen molar-refractivity contribution in [3.63, 3.8) is 0 Å². The van der Waals surface area contributed by atoms with Gasteiger partial charge in [-0.25, -0.2) is 4.98 Å². The molecule has 0 saturated carbocycles. The van der Waals surface area contributed by atoms with Crippen molar-refractivity contribution >= 4 is 28.6 Å². The molecule has 5 heteroatoms. The van der Waals surface area contributed by atoms with Crippen LogP contribution in [0.1, 0.15) is 26.5 Å². The van der Waals surface area contributed by atoms with Crippen LogP contribution in [0.5, 0.6) is 0 Å². The van der Waals surface area contributed by atoms with Crippen LogP contribution in [0.2, 0.25) is 0 Å². The van der Waals surface area contributed by atoms with Gasteiger partial charge in [0.1, 0.15) is 10.4 Å². The van der Waals surface area contributed by atoms with E-state index < -0.39 is 5.41 Å². The summed E-state index contributed by atoms with van der Waals surface area (Å²) in [6.07, 6.45) is 0. The first-order valence-corrected chi connectivity index (χ1v) is 7.48. The van der Waals surface area contributed by atoms with E-state index in [0.717, 1.165) is 15.6 Å². The fourth-order valence-corrected chi connectivity index (χ4v) is 3.29. The first kappa shape index (κ1) is 13.2. The Morgan fingerprint density at radius 2 is 2.22 bits per heavy atom. The molecule has 0 saturated heterocycles. The van der Waals surface area contributed by atoms with E-state index in [2.05, 4.69) is 4.98 Å². The van der Waals surface area contributed by atoms with Crippen LogP contribution in [-0.4, -0.2) is 17.6 Å². The maximum absolute atomic E-state index is 11.9. The third kappa shape index (κ3) is 2.47. The fraction of sp³-hybridized carbons (Fsp3) is 0.385. The molecule has 0 amide bonds. The van der Waals surface area contributed by atoms with Gasteiger partial charge in [-0.05, 0) is 32.2 Å². The van der Waals surface area contributed by atoms with Gasteiger partial charge in [-0.15, -0.1) is 22.7 Å². The lowest BCUT2D eigenvalue weighted by Crippen LogP contribution is -2.31. The highest BCUT2D eigenvalue weighted by Crippen LogP contribution is 2.32. The van der Waals surface area contributed by atoms with Crippen LogP contribution in [0.25, 0.3) is 9.88 Å². The molecule has 0 aromatic carbocycles. The highest BCUT2D eigenvalue weighted by molar-refractivity contribution is 7.20. The van der Waals surface area contributed by atoms with E-state index in [-0.39, 0.29) is 5.97 Å². The Kier molecular flexibility index (Phi) is 3.82. The Morgan fingerprint density at radius 1 is 1.44 bits per heavy atom. The van der Waals surface area contributed by atoms with E-state index in [0.29, 0.717) is 6.61 Å². The summed E-state index contributed by atoms with van der Waals surface area (Å²) in [7, 11) is 0. The molecule has 3 nitrogen and oxygen atoms in total. The minimum atomic E-state index is -0.692. The summed E-state index contributed by atoms with van der Waals surface area (Å²) >= 11 is 3.21. The van der Waals surface area contributed by atoms with E-state index in [1.807, 2.05) is 43.7 Å². The van der Waals surface area contributed by atoms with Crippen LogP contribution in [0.4, 0.5) is 0 Å². The smallest absolute Gasteiger partial charge is 0.317 e. The number of carbonyl (C=O) groups excluding carboxylic acids is 1. The number of thiazole rings is 1. The lowest BCUT2D eigenvalue weighted by Gasteiger charge is -2.19. The number of aromatic nitrogens is 1. The SMILES string of the molecule is CCOC(=O)C(C)(C)c1csc(-c2cccs2)n1. The molecule has 0 aliphatic heterocycles. The number of hydrogen-bond donors (Lipinski definition) is 0. The average Bonchev–Trinajstić information content (AvgIpc) is 3.00. The molecule has 0 bridgehead atoms. The van der Waals surface area contributed by atoms with Crippen LogP contribution < -0.4 is 0 Å². The van der Waals surface area contributed by atoms with Crippen LogP contribution in [-0.2, 0) is 14.9 Å². The van der Waals surface area contributed by atoms with Gasteiger partial charge >= 0.3 is 5.97 Å². The maximum Gasteiger partial charge on any atom is 0.317 e. The van der Waals surface area contributed by atoms with E-state index >= 15 is 0 Å². The molecule has 0 aliphatic rings. The van der Waals surface area contributed by atoms with Crippen LogP contribution >= 0.6 is 22.7 Å². The van der Waals surface area contributed by atoms with Gasteiger partial charge < -0.3 is 4.74 Å². The molecule has 0 aliphatic carbocycles. The summed E-state index contributed by atoms with van der Waals surface area (Å²) in [5.74, 6) is -0.229. The normalized spacial score (nSPS) is 11.5. The molecular weight excluding hydrogens is 266 g/mol. The van der Waals surface area contributed by atoms with Crippen molar-refractivity contribution in [3.05, 3.63) is 28.6 Å². The third-order valence-corrected chi connectivity index (χ3v) is 4.54. The van der Waals surface area contributed by atoms with Gasteiger partial charge in [0.2, 0.25) is 0 Å². The summed E-state index contributed by atoms with van der Waals surface area (Å²) < 4.78 is 5.09. The topological polar surface area (TPSA) is 39.2 Å². The summed E-state index contributed by atoms with van der Waals surface area (Å²) in [6, 6.07) is 4.03. The summed E-state index contributed by atoms with van der Waals surface area (Å²) in [4.78, 5) is 17.6. The Morgan fingerprint density at radius 3 is 2.83 bits per heavy atom. The van der Waals surface area contributed by atoms with Gasteiger partial charge in [0.25, 0.3) is 0 Å². The second-order valence-corrected chi connectivity index (χ2v) is 6.17. The van der Waals surface area contributed by atoms with Gasteiger partial charge in [-0.1, -0.05) is 6.07 Å². The highest BCUT2D eigenvalue weighted by Gasteiger charge is 2.34. The maximum atomic E-state index is 11.9. The van der Waals surface area contributed by atoms with Gasteiger partial charge in [-0.2, -0.15) is 0 Å². The second-order valence-electron chi connectivity index (χ2n) is 4.36. The van der Waals surface area contributed by atoms with Crippen molar-refractivity contribution in [1.29, 1.82) is 0 Å². The van der Waals surface area contributed by atoms with Crippen molar-refractivity contribution in [2.24, 2.45) is 0 Å². The number of esters is 1. The largest absolute Gasteiger partial charge is 0.465 e. The number of carbonyl (C=O) groups is 1. The van der Waals surface area contributed by atoms with Crippen molar-refractivity contribution < 1.29 is 9.53 Å². The molecular formula is C13H15NO2S2. The minimum Gasteiger partial charge on any atom is -0.465 e. The molecule has 2 aromatic heterocycles. The molecule has 0 unspecified atom stereocenters. The lowest BCUT2D eigenvalue weighted by molar-refractivity contribution is -0.148. The number of rotatable bonds is 4. The van der Waals surface area contributed by atoms with Gasteiger partial charge in [0.05, 0.1) is 17.2 Å². The van der Waals surface area contributed by atoms with E-state index in [9.17, 15) is 4.79 Å². The zero-order valence-electron chi connectivity index (χ0n) is 10.6. The van der Waals surface area contributed by atoms with E-state index in [1.165, 1.54) is 0 Å². The fourth-order valence-electron chi connectivity index (χ4n) is 1.49. The van der Waals surface area contributed by atoms with Crippen molar-refractivity contribution in [2.75, 3.05) is 6.61 Å². The third-order valence-electron chi connectivity index (χ3n) is 2.66. The van der Waals surface area contributed by atoms with Gasteiger partial charge in [0.15, 0.2) is 0 Å². The van der Waals surface area contributed by atoms with Crippen molar-refractivity contribution in [2.45, 2.75) is 26.2 Å². The Hall–Kier alpha value is -1.20. The molecule has 0 atom stereocenters. The van der Waals surface area contributed by atoms with Crippen molar-refractivity contribution in [3.8, 4) is 9.88 Å². The Bertz CT molecular complexity index is 529. The number of nitrogens with zero attached hydrogens (tertiary/aromatic N) is 1. The molecule has 2 aromatic rings. The Labute approximate surface area is 114 Å². The minimum absolute atomic E-state index is 0.229. The highest BCUT2D eigenvalue weighted by atomic mass is 32.1. The second kappa shape index (κ2) is 5.20. The molecule has 0 fully saturated rings. The van der Waals surface area contributed by atoms with E-state index in [1.54, 1.807) is 22.7 Å². The lowest BCUT2D eigenvalue weighted by atomic mass is 9.90. The molecule has 0 spiro atoms. The molecule has 0 N–H and O–H groups in total. The molecule has 18 heavy (non-hydrogen) atoms. The quantitative estimate of drug-likeness (QED) is 0.802. The molecule has 2 heterocycles. The molecule has 2 rings (SSSR count). The zero-order valence-corrected chi connectivity index (χ0v) is 12.2. The van der Waals surface area contributed by atoms with Crippen LogP contribution in [0.15, 0.2) is 22.9 Å². The zero-order chi connectivity index (χ0) is 13.2. The number of hydrogen-bond acceptors (Lipinski definition) is 5. The average molecular weight is 281 g/mol. The first-order chi connectivity index (χ1) is 8.55. The van der Waals surface area contributed by atoms with Gasteiger partial charge in [-0.3, -0.25) is 4.79 Å². The monoisotopic (exact) mass is 281 g/mol. The summed E-state index contributed by atoms with van der Waals surface area (Å²) in [5.41, 5.74) is 0.0801. The predicted molar refractivity (Wildman–Crippen MR) is 75.1 cm³/mol. The van der Waals surface area contributed by atoms with Crippen molar-refractivity contribution in [1.82, 2.24) is 4.98 Å². The number of ether oxygens (including phenoxy) is 1. The van der Waals surface area contributed by atoms with E-state index in [4.69, 9.17) is 4.74 Å². The van der Waals surface area contributed by atoms with Crippen LogP contribution in [0.3, 0.4) is 0 Å². The molecule has 0 radical (unpaired) electrons. The summed E-state index contributed by atoms with van der Waals surface area (Å²) in [5, 5.41) is 4.91. The standard InChI is InChI=1S/C13H15NO2S2/c1-4-16-12(15)13(2,3)10-8-18-11(14-10)9-6-5-7-17-9/h5-8H,4H2,1-3H3. The molecule has 96 valence electrons. The predicted octanol–water partition coefficient (Wildman–Crippen LogP) is 3.71.